The summed E-state index contributed by atoms with van der Waals surface area (Å²) in [4.78, 5) is 0. The van der Waals surface area contributed by atoms with Crippen LogP contribution in [-0.2, 0) is 0 Å². The molecule has 0 N–H and O–H groups in total. The van der Waals surface area contributed by atoms with Crippen molar-refractivity contribution in [3.05, 3.63) is 0 Å². The van der Waals surface area contributed by atoms with Crippen LogP contribution in [0, 0.1) is 0 Å². The molecular weight excluding hydrogens is 167 g/mol. The molecule has 3 heteroatoms. The van der Waals surface area contributed by atoms with Crippen LogP contribution in [0.25, 0.3) is 0 Å². The van der Waals surface area contributed by atoms with Gasteiger partial charge in [0, 0.05) is 0 Å². The van der Waals surface area contributed by atoms with E-state index in [1.807, 2.05) is 20.4 Å². The van der Waals surface area contributed by atoms with Gasteiger partial charge in [-0.15, -0.1) is 0 Å². The van der Waals surface area contributed by atoms with Gasteiger partial charge in [-0.3, -0.25) is 0 Å². The van der Waals surface area contributed by atoms with Crippen LogP contribution >= 0.6 is 20.4 Å². The first-order valence-electron chi connectivity index (χ1n) is 1.15. The van der Waals surface area contributed by atoms with Gasteiger partial charge in [-0.25, -0.2) is 0 Å². The number of rotatable bonds is 2. The van der Waals surface area contributed by atoms with Crippen molar-refractivity contribution in [1.29, 1.82) is 0 Å². The summed E-state index contributed by atoms with van der Waals surface area (Å²) in [6, 6.07) is 0. The standard InChI is InChI=1S/C2H6S2Se/c1-3-5-4-2/h1-2H3. The molecule has 0 aliphatic heterocycles. The Labute approximate surface area is 45.8 Å². The van der Waals surface area contributed by atoms with Gasteiger partial charge in [-0.05, 0) is 0 Å². The maximum atomic E-state index is 2.14. The van der Waals surface area contributed by atoms with Crippen molar-refractivity contribution in [1.82, 2.24) is 0 Å². The molecule has 0 rings (SSSR count). The number of hydrogen-bond donors (Lipinski definition) is 0. The van der Waals surface area contributed by atoms with Crippen LogP contribution in [0.5, 0.6) is 0 Å². The predicted octanol–water partition coefficient (Wildman–Crippen LogP) is 1.25. The third-order valence-electron chi connectivity index (χ3n) is 0.136. The Bertz CT molecular complexity index is 15.1. The molecule has 0 fully saturated rings. The van der Waals surface area contributed by atoms with E-state index in [4.69, 9.17) is 0 Å². The van der Waals surface area contributed by atoms with E-state index in [2.05, 4.69) is 12.5 Å². The first-order chi connectivity index (χ1) is 2.41. The van der Waals surface area contributed by atoms with E-state index in [1.165, 1.54) is 0 Å². The molecule has 0 nitrogen and oxygen atoms in total. The average Bonchev–Trinajstić information content (AvgIpc) is 1.41. The van der Waals surface area contributed by atoms with Crippen LogP contribution in [-0.4, -0.2) is 25.2 Å². The fraction of sp³-hybridized carbons (Fsp3) is 1.00. The van der Waals surface area contributed by atoms with E-state index >= 15 is 0 Å². The van der Waals surface area contributed by atoms with Crippen LogP contribution < -0.4 is 0 Å². The van der Waals surface area contributed by atoms with Gasteiger partial charge in [-0.2, -0.15) is 0 Å². The quantitative estimate of drug-likeness (QED) is 0.576. The van der Waals surface area contributed by atoms with Gasteiger partial charge in [0.05, 0.1) is 0 Å². The Hall–Kier alpha value is 1.22. The molecule has 5 heavy (non-hydrogen) atoms. The van der Waals surface area contributed by atoms with Gasteiger partial charge in [0.2, 0.25) is 0 Å². The Morgan fingerprint density at radius 1 is 1.20 bits per heavy atom. The van der Waals surface area contributed by atoms with Crippen LogP contribution in [0.3, 0.4) is 0 Å². The van der Waals surface area contributed by atoms with E-state index in [1.54, 1.807) is 0 Å². The van der Waals surface area contributed by atoms with Crippen molar-refractivity contribution in [2.75, 3.05) is 12.5 Å². The second kappa shape index (κ2) is 5.22. The molecule has 0 aromatic rings. The minimum absolute atomic E-state index is 0.792. The second-order valence-electron chi connectivity index (χ2n) is 0.401. The van der Waals surface area contributed by atoms with E-state index in [0.29, 0.717) is 0 Å². The summed E-state index contributed by atoms with van der Waals surface area (Å²) in [6.07, 6.45) is 4.27. The van der Waals surface area contributed by atoms with Crippen molar-refractivity contribution in [3.8, 4) is 0 Å². The fourth-order valence-electron chi connectivity index (χ4n) is 0.0680. The molecule has 0 atom stereocenters. The molecule has 0 saturated heterocycles. The van der Waals surface area contributed by atoms with E-state index in [-0.39, 0.29) is 0 Å². The van der Waals surface area contributed by atoms with Crippen LogP contribution in [0.4, 0.5) is 0 Å². The Kier molecular flexibility index (Phi) is 6.49. The van der Waals surface area contributed by atoms with E-state index < -0.39 is 0 Å². The first-order valence-corrected chi connectivity index (χ1v) is 7.65. The molecule has 0 aliphatic carbocycles. The van der Waals surface area contributed by atoms with Crippen molar-refractivity contribution < 1.29 is 0 Å². The van der Waals surface area contributed by atoms with Gasteiger partial charge in [0.15, 0.2) is 0 Å². The van der Waals surface area contributed by atoms with Gasteiger partial charge in [0.1, 0.15) is 0 Å². The summed E-state index contributed by atoms with van der Waals surface area (Å²) >= 11 is 0.792. The number of hydrogen-bond acceptors (Lipinski definition) is 2. The Morgan fingerprint density at radius 2 is 1.60 bits per heavy atom. The molecular formula is C2H6S2Se. The molecule has 0 aromatic carbocycles. The average molecular weight is 173 g/mol. The van der Waals surface area contributed by atoms with Crippen molar-refractivity contribution in [2.24, 2.45) is 0 Å². The molecule has 0 saturated carbocycles. The summed E-state index contributed by atoms with van der Waals surface area (Å²) in [5.74, 6) is 0. The van der Waals surface area contributed by atoms with Crippen LogP contribution in [0.2, 0.25) is 0 Å². The molecule has 0 radical (unpaired) electrons. The molecule has 0 bridgehead atoms. The summed E-state index contributed by atoms with van der Waals surface area (Å²) in [7, 11) is 3.85. The summed E-state index contributed by atoms with van der Waals surface area (Å²) in [5, 5.41) is 0. The van der Waals surface area contributed by atoms with Crippen molar-refractivity contribution >= 4 is 33.1 Å². The second-order valence-corrected chi connectivity index (χ2v) is 8.38. The summed E-state index contributed by atoms with van der Waals surface area (Å²) in [5.41, 5.74) is 0. The van der Waals surface area contributed by atoms with Crippen molar-refractivity contribution in [3.63, 3.8) is 0 Å². The predicted molar refractivity (Wildman–Crippen MR) is 32.8 cm³/mol. The Balaban J connectivity index is 2.19. The first kappa shape index (κ1) is 6.22. The molecule has 0 aromatic heterocycles. The minimum atomic E-state index is 0.792. The monoisotopic (exact) mass is 174 g/mol. The zero-order chi connectivity index (χ0) is 4.12. The van der Waals surface area contributed by atoms with Gasteiger partial charge < -0.3 is 0 Å². The molecule has 0 amide bonds. The topological polar surface area (TPSA) is 0 Å². The van der Waals surface area contributed by atoms with E-state index in [0.717, 1.165) is 12.7 Å². The van der Waals surface area contributed by atoms with Crippen molar-refractivity contribution in [2.45, 2.75) is 0 Å². The normalized spacial score (nSPS) is 8.40. The van der Waals surface area contributed by atoms with Crippen LogP contribution in [0.1, 0.15) is 0 Å². The van der Waals surface area contributed by atoms with Gasteiger partial charge in [0.25, 0.3) is 0 Å². The molecule has 0 heterocycles. The Morgan fingerprint density at radius 3 is 1.60 bits per heavy atom. The molecule has 32 valence electrons. The zero-order valence-electron chi connectivity index (χ0n) is 3.22. The van der Waals surface area contributed by atoms with E-state index in [9.17, 15) is 0 Å². The van der Waals surface area contributed by atoms with Crippen LogP contribution in [0.15, 0.2) is 0 Å². The molecule has 0 aliphatic rings. The molecule has 0 unspecified atom stereocenters. The maximum absolute atomic E-state index is 2.14. The fourth-order valence-corrected chi connectivity index (χ4v) is 3.18. The summed E-state index contributed by atoms with van der Waals surface area (Å²) < 4.78 is 0. The van der Waals surface area contributed by atoms with Gasteiger partial charge in [-0.1, -0.05) is 0 Å². The SMILES string of the molecule is CS[Se]SC. The third-order valence-corrected chi connectivity index (χ3v) is 6.36. The van der Waals surface area contributed by atoms with Gasteiger partial charge >= 0.3 is 45.6 Å². The summed E-state index contributed by atoms with van der Waals surface area (Å²) in [6.45, 7) is 0. The zero-order valence-corrected chi connectivity index (χ0v) is 6.57. The third kappa shape index (κ3) is 5.22. The molecule has 0 spiro atoms.